The van der Waals surface area contributed by atoms with Gasteiger partial charge >= 0.3 is 5.97 Å². The lowest BCUT2D eigenvalue weighted by molar-refractivity contribution is -0.131. The van der Waals surface area contributed by atoms with Crippen molar-refractivity contribution in [2.24, 2.45) is 0 Å². The average molecular weight is 152 g/mol. The van der Waals surface area contributed by atoms with Crippen LogP contribution < -0.4 is 0 Å². The van der Waals surface area contributed by atoms with Crippen LogP contribution in [0.25, 0.3) is 0 Å². The minimum atomic E-state index is -0.891. The number of carboxylic acids is 1. The Bertz CT molecular complexity index is 178. The van der Waals surface area contributed by atoms with Gasteiger partial charge in [0, 0.05) is 6.08 Å². The van der Waals surface area contributed by atoms with Gasteiger partial charge < -0.3 is 5.11 Å². The molecule has 0 amide bonds. The first kappa shape index (κ1) is 9.69. The van der Waals surface area contributed by atoms with Crippen molar-refractivity contribution in [3.63, 3.8) is 0 Å². The van der Waals surface area contributed by atoms with Crippen molar-refractivity contribution in [3.8, 4) is 0 Å². The summed E-state index contributed by atoms with van der Waals surface area (Å²) in [6, 6.07) is 0. The van der Waals surface area contributed by atoms with E-state index in [1.165, 1.54) is 6.08 Å². The maximum Gasteiger partial charge on any atom is 0.327 e. The normalized spacial score (nSPS) is 13.2. The van der Waals surface area contributed by atoms with Crippen molar-refractivity contribution >= 4 is 5.97 Å². The van der Waals surface area contributed by atoms with Gasteiger partial charge in [-0.2, -0.15) is 0 Å². The first-order valence-electron chi connectivity index (χ1n) is 3.44. The zero-order valence-corrected chi connectivity index (χ0v) is 6.53. The van der Waals surface area contributed by atoms with Crippen LogP contribution in [0.4, 0.5) is 0 Å². The minimum Gasteiger partial charge on any atom is -0.478 e. The zero-order valence-electron chi connectivity index (χ0n) is 6.53. The van der Waals surface area contributed by atoms with Crippen LogP contribution in [0, 0.1) is 0 Å². The van der Waals surface area contributed by atoms with Crippen LogP contribution in [-0.4, -0.2) is 11.1 Å². The summed E-state index contributed by atoms with van der Waals surface area (Å²) in [5.74, 6) is -0.891. The van der Waals surface area contributed by atoms with E-state index in [1.54, 1.807) is 6.92 Å². The van der Waals surface area contributed by atoms with E-state index in [0.29, 0.717) is 0 Å². The number of hydrogen-bond acceptors (Lipinski definition) is 1. The van der Waals surface area contributed by atoms with E-state index in [9.17, 15) is 4.79 Å². The molecule has 0 radical (unpaired) electrons. The maximum atomic E-state index is 9.51. The second-order valence-electron chi connectivity index (χ2n) is 1.93. The molecule has 0 spiro atoms. The quantitative estimate of drug-likeness (QED) is 0.584. The SMILES string of the molecule is C/C=C/C(=O)O.C1=CCC=C1. The lowest BCUT2D eigenvalue weighted by Gasteiger charge is -1.68. The van der Waals surface area contributed by atoms with Gasteiger partial charge in [0.1, 0.15) is 0 Å². The van der Waals surface area contributed by atoms with E-state index in [1.807, 2.05) is 0 Å². The zero-order chi connectivity index (χ0) is 8.53. The standard InChI is InChI=1S/C5H6.C4H6O2/c1-2-4-5-3-1;1-2-3-4(5)6/h1-4H,5H2;2-3H,1H3,(H,5,6)/b;3-2+. The Morgan fingerprint density at radius 3 is 2.09 bits per heavy atom. The molecule has 2 nitrogen and oxygen atoms in total. The Labute approximate surface area is 66.5 Å². The molecular formula is C9H12O2. The predicted octanol–water partition coefficient (Wildman–Crippen LogP) is 2.15. The number of aliphatic carboxylic acids is 1. The van der Waals surface area contributed by atoms with Crippen LogP contribution in [0.3, 0.4) is 0 Å². The molecule has 1 aliphatic rings. The van der Waals surface area contributed by atoms with Gasteiger partial charge in [-0.05, 0) is 13.3 Å². The highest BCUT2D eigenvalue weighted by Gasteiger charge is 1.76. The molecule has 11 heavy (non-hydrogen) atoms. The lowest BCUT2D eigenvalue weighted by Crippen LogP contribution is -1.83. The third-order valence-corrected chi connectivity index (χ3v) is 0.965. The first-order valence-corrected chi connectivity index (χ1v) is 3.44. The molecular weight excluding hydrogens is 140 g/mol. The Hall–Kier alpha value is -1.31. The molecule has 60 valence electrons. The third-order valence-electron chi connectivity index (χ3n) is 0.965. The molecule has 1 rings (SSSR count). The summed E-state index contributed by atoms with van der Waals surface area (Å²) < 4.78 is 0. The molecule has 0 aliphatic heterocycles. The van der Waals surface area contributed by atoms with E-state index in [4.69, 9.17) is 5.11 Å². The van der Waals surface area contributed by atoms with Gasteiger partial charge in [-0.25, -0.2) is 4.79 Å². The fourth-order valence-electron chi connectivity index (χ4n) is 0.535. The summed E-state index contributed by atoms with van der Waals surface area (Å²) in [5.41, 5.74) is 0. The van der Waals surface area contributed by atoms with Gasteiger partial charge in [0.05, 0.1) is 0 Å². The largest absolute Gasteiger partial charge is 0.478 e. The second kappa shape index (κ2) is 6.81. The fourth-order valence-corrected chi connectivity index (χ4v) is 0.535. The monoisotopic (exact) mass is 152 g/mol. The molecule has 0 heterocycles. The Morgan fingerprint density at radius 1 is 1.45 bits per heavy atom. The van der Waals surface area contributed by atoms with Crippen molar-refractivity contribution < 1.29 is 9.90 Å². The van der Waals surface area contributed by atoms with Crippen LogP contribution in [0.2, 0.25) is 0 Å². The number of carboxylic acid groups (broad SMARTS) is 1. The molecule has 1 aliphatic carbocycles. The Morgan fingerprint density at radius 2 is 2.00 bits per heavy atom. The molecule has 0 aromatic rings. The van der Waals surface area contributed by atoms with Crippen molar-refractivity contribution in [3.05, 3.63) is 36.5 Å². The van der Waals surface area contributed by atoms with Crippen LogP contribution in [-0.2, 0) is 4.79 Å². The highest BCUT2D eigenvalue weighted by molar-refractivity contribution is 5.79. The molecule has 0 bridgehead atoms. The smallest absolute Gasteiger partial charge is 0.327 e. The predicted molar refractivity (Wildman–Crippen MR) is 45.3 cm³/mol. The summed E-state index contributed by atoms with van der Waals surface area (Å²) in [7, 11) is 0. The molecule has 0 saturated heterocycles. The van der Waals surface area contributed by atoms with Gasteiger partial charge in [0.15, 0.2) is 0 Å². The van der Waals surface area contributed by atoms with Crippen molar-refractivity contribution in [2.45, 2.75) is 13.3 Å². The Balaban J connectivity index is 0.000000183. The van der Waals surface area contributed by atoms with Gasteiger partial charge in [-0.15, -0.1) is 0 Å². The minimum absolute atomic E-state index is 0.891. The summed E-state index contributed by atoms with van der Waals surface area (Å²) in [6.07, 6.45) is 12.1. The van der Waals surface area contributed by atoms with Gasteiger partial charge in [0.2, 0.25) is 0 Å². The lowest BCUT2D eigenvalue weighted by atomic mass is 10.5. The van der Waals surface area contributed by atoms with Crippen molar-refractivity contribution in [1.82, 2.24) is 0 Å². The molecule has 0 aromatic heterocycles. The molecule has 1 N–H and O–H groups in total. The van der Waals surface area contributed by atoms with Gasteiger partial charge in [-0.3, -0.25) is 0 Å². The van der Waals surface area contributed by atoms with Crippen molar-refractivity contribution in [2.75, 3.05) is 0 Å². The summed E-state index contributed by atoms with van der Waals surface area (Å²) in [5, 5.41) is 7.83. The molecule has 0 saturated carbocycles. The van der Waals surface area contributed by atoms with Crippen molar-refractivity contribution in [1.29, 1.82) is 0 Å². The molecule has 0 aromatic carbocycles. The summed E-state index contributed by atoms with van der Waals surface area (Å²) >= 11 is 0. The summed E-state index contributed by atoms with van der Waals surface area (Å²) in [6.45, 7) is 1.66. The summed E-state index contributed by atoms with van der Waals surface area (Å²) in [4.78, 5) is 9.51. The highest BCUT2D eigenvalue weighted by atomic mass is 16.4. The molecule has 0 fully saturated rings. The van der Waals surface area contributed by atoms with Crippen LogP contribution in [0.1, 0.15) is 13.3 Å². The van der Waals surface area contributed by atoms with E-state index >= 15 is 0 Å². The van der Waals surface area contributed by atoms with Crippen LogP contribution in [0.5, 0.6) is 0 Å². The van der Waals surface area contributed by atoms with E-state index in [-0.39, 0.29) is 0 Å². The number of allylic oxidation sites excluding steroid dienone is 5. The Kier molecular flexibility index (Phi) is 5.99. The fraction of sp³-hybridized carbons (Fsp3) is 0.222. The maximum absolute atomic E-state index is 9.51. The number of carbonyl (C=O) groups is 1. The third kappa shape index (κ3) is 8.69. The number of hydrogen-bond donors (Lipinski definition) is 1. The highest BCUT2D eigenvalue weighted by Crippen LogP contribution is 1.93. The number of rotatable bonds is 1. The topological polar surface area (TPSA) is 37.3 Å². The van der Waals surface area contributed by atoms with Gasteiger partial charge in [0.25, 0.3) is 0 Å². The second-order valence-corrected chi connectivity index (χ2v) is 1.93. The first-order chi connectivity index (χ1) is 5.27. The molecule has 0 unspecified atom stereocenters. The molecule has 0 atom stereocenters. The van der Waals surface area contributed by atoms with Gasteiger partial charge in [-0.1, -0.05) is 30.4 Å². The van der Waals surface area contributed by atoms with E-state index in [0.717, 1.165) is 12.5 Å². The average Bonchev–Trinajstić information content (AvgIpc) is 2.41. The molecule has 2 heteroatoms. The van der Waals surface area contributed by atoms with E-state index < -0.39 is 5.97 Å². The van der Waals surface area contributed by atoms with Crippen LogP contribution in [0.15, 0.2) is 36.5 Å². The van der Waals surface area contributed by atoms with Crippen LogP contribution >= 0.6 is 0 Å². The van der Waals surface area contributed by atoms with E-state index in [2.05, 4.69) is 24.3 Å².